The lowest BCUT2D eigenvalue weighted by Crippen LogP contribution is -2.12. The van der Waals surface area contributed by atoms with E-state index in [1.807, 2.05) is 66.3 Å². The number of aromatic amines is 1. The van der Waals surface area contributed by atoms with E-state index in [4.69, 9.17) is 0 Å². The first kappa shape index (κ1) is 12.6. The predicted octanol–water partition coefficient (Wildman–Crippen LogP) is 3.31. The van der Waals surface area contributed by atoms with Crippen LogP contribution in [0.15, 0.2) is 54.7 Å². The van der Waals surface area contributed by atoms with E-state index in [2.05, 4.69) is 15.5 Å². The molecule has 4 aromatic rings. The van der Waals surface area contributed by atoms with Crippen molar-refractivity contribution < 1.29 is 4.79 Å². The SMILES string of the molecule is Cn1ccc2ccc(NC(=O)c3n[nH]c4ccccc34)cc21. The van der Waals surface area contributed by atoms with Crippen molar-refractivity contribution in [2.45, 2.75) is 0 Å². The molecule has 0 aliphatic heterocycles. The summed E-state index contributed by atoms with van der Waals surface area (Å²) in [6, 6.07) is 15.5. The Morgan fingerprint density at radius 3 is 2.95 bits per heavy atom. The van der Waals surface area contributed by atoms with Gasteiger partial charge in [0.25, 0.3) is 5.91 Å². The van der Waals surface area contributed by atoms with Crippen LogP contribution in [0, 0.1) is 0 Å². The number of aryl methyl sites for hydroxylation is 1. The quantitative estimate of drug-likeness (QED) is 0.595. The number of anilines is 1. The maximum atomic E-state index is 12.4. The molecule has 2 aromatic heterocycles. The summed E-state index contributed by atoms with van der Waals surface area (Å²) in [5.41, 5.74) is 3.09. The topological polar surface area (TPSA) is 62.7 Å². The Labute approximate surface area is 126 Å². The summed E-state index contributed by atoms with van der Waals surface area (Å²) in [5, 5.41) is 11.9. The highest BCUT2D eigenvalue weighted by Gasteiger charge is 2.14. The lowest BCUT2D eigenvalue weighted by atomic mass is 10.2. The van der Waals surface area contributed by atoms with Crippen molar-refractivity contribution in [1.29, 1.82) is 0 Å². The average Bonchev–Trinajstić information content (AvgIpc) is 3.12. The summed E-state index contributed by atoms with van der Waals surface area (Å²) in [4.78, 5) is 12.4. The van der Waals surface area contributed by atoms with Crippen molar-refractivity contribution in [2.75, 3.05) is 5.32 Å². The Hall–Kier alpha value is -3.08. The number of hydrogen-bond donors (Lipinski definition) is 2. The maximum absolute atomic E-state index is 12.4. The monoisotopic (exact) mass is 290 g/mol. The number of rotatable bonds is 2. The minimum absolute atomic E-state index is 0.217. The number of amides is 1. The molecule has 0 aliphatic carbocycles. The number of H-pyrrole nitrogens is 1. The molecule has 5 heteroatoms. The normalized spacial score (nSPS) is 11.1. The zero-order chi connectivity index (χ0) is 15.1. The molecule has 5 nitrogen and oxygen atoms in total. The van der Waals surface area contributed by atoms with Crippen molar-refractivity contribution in [3.8, 4) is 0 Å². The first-order valence-electron chi connectivity index (χ1n) is 7.02. The first-order chi connectivity index (χ1) is 10.7. The third-order valence-electron chi connectivity index (χ3n) is 3.83. The third kappa shape index (κ3) is 1.95. The number of carbonyl (C=O) groups is 1. The number of fused-ring (bicyclic) bond motifs is 2. The molecule has 0 bridgehead atoms. The highest BCUT2D eigenvalue weighted by Crippen LogP contribution is 2.21. The highest BCUT2D eigenvalue weighted by molar-refractivity contribution is 6.11. The van der Waals surface area contributed by atoms with Crippen molar-refractivity contribution in [1.82, 2.24) is 14.8 Å². The lowest BCUT2D eigenvalue weighted by Gasteiger charge is -2.05. The Bertz CT molecular complexity index is 996. The molecule has 0 fully saturated rings. The van der Waals surface area contributed by atoms with Gasteiger partial charge in [-0.25, -0.2) is 0 Å². The lowest BCUT2D eigenvalue weighted by molar-refractivity contribution is 0.102. The number of aromatic nitrogens is 3. The molecule has 0 atom stereocenters. The van der Waals surface area contributed by atoms with E-state index in [-0.39, 0.29) is 5.91 Å². The van der Waals surface area contributed by atoms with Crippen LogP contribution in [0.2, 0.25) is 0 Å². The van der Waals surface area contributed by atoms with Gasteiger partial charge in [0, 0.05) is 29.8 Å². The van der Waals surface area contributed by atoms with E-state index in [0.29, 0.717) is 5.69 Å². The van der Waals surface area contributed by atoms with E-state index in [0.717, 1.165) is 27.5 Å². The van der Waals surface area contributed by atoms with Gasteiger partial charge in [-0.1, -0.05) is 24.3 Å². The molecule has 0 aliphatic rings. The van der Waals surface area contributed by atoms with Gasteiger partial charge in [0.15, 0.2) is 5.69 Å². The Morgan fingerprint density at radius 2 is 2.05 bits per heavy atom. The van der Waals surface area contributed by atoms with Gasteiger partial charge in [-0.15, -0.1) is 0 Å². The van der Waals surface area contributed by atoms with Crippen LogP contribution in [-0.2, 0) is 7.05 Å². The minimum Gasteiger partial charge on any atom is -0.350 e. The molecule has 2 heterocycles. The zero-order valence-corrected chi connectivity index (χ0v) is 12.0. The smallest absolute Gasteiger partial charge is 0.276 e. The standard InChI is InChI=1S/C17H14N4O/c1-21-9-8-11-6-7-12(10-15(11)21)18-17(22)16-13-4-2-3-5-14(13)19-20-16/h2-10H,1H3,(H,18,22)(H,19,20). The molecule has 22 heavy (non-hydrogen) atoms. The summed E-state index contributed by atoms with van der Waals surface area (Å²) in [5.74, 6) is -0.217. The zero-order valence-electron chi connectivity index (χ0n) is 12.0. The molecule has 108 valence electrons. The number of para-hydroxylation sites is 1. The molecule has 0 spiro atoms. The summed E-state index contributed by atoms with van der Waals surface area (Å²) in [7, 11) is 1.98. The molecular formula is C17H14N4O. The van der Waals surface area contributed by atoms with Gasteiger partial charge < -0.3 is 9.88 Å². The molecule has 1 amide bonds. The number of hydrogen-bond acceptors (Lipinski definition) is 2. The maximum Gasteiger partial charge on any atom is 0.276 e. The van der Waals surface area contributed by atoms with Crippen LogP contribution in [0.5, 0.6) is 0 Å². The van der Waals surface area contributed by atoms with Gasteiger partial charge in [0.1, 0.15) is 0 Å². The van der Waals surface area contributed by atoms with E-state index < -0.39 is 0 Å². The van der Waals surface area contributed by atoms with Crippen LogP contribution in [0.25, 0.3) is 21.8 Å². The van der Waals surface area contributed by atoms with E-state index >= 15 is 0 Å². The van der Waals surface area contributed by atoms with Crippen molar-refractivity contribution >= 4 is 33.4 Å². The predicted molar refractivity (Wildman–Crippen MR) is 87.0 cm³/mol. The van der Waals surface area contributed by atoms with Crippen molar-refractivity contribution in [3.63, 3.8) is 0 Å². The summed E-state index contributed by atoms with van der Waals surface area (Å²) < 4.78 is 2.02. The van der Waals surface area contributed by atoms with E-state index in [1.54, 1.807) is 0 Å². The molecule has 2 aromatic carbocycles. The summed E-state index contributed by atoms with van der Waals surface area (Å²) in [6.07, 6.45) is 2.00. The highest BCUT2D eigenvalue weighted by atomic mass is 16.1. The van der Waals surface area contributed by atoms with Crippen LogP contribution in [0.1, 0.15) is 10.5 Å². The van der Waals surface area contributed by atoms with Crippen LogP contribution in [0.4, 0.5) is 5.69 Å². The molecule has 2 N–H and O–H groups in total. The van der Waals surface area contributed by atoms with Gasteiger partial charge in [0.05, 0.1) is 5.52 Å². The van der Waals surface area contributed by atoms with E-state index in [9.17, 15) is 4.79 Å². The van der Waals surface area contributed by atoms with Gasteiger partial charge in [-0.05, 0) is 29.7 Å². The second-order valence-electron chi connectivity index (χ2n) is 5.27. The molecule has 0 saturated heterocycles. The van der Waals surface area contributed by atoms with Gasteiger partial charge in [0.2, 0.25) is 0 Å². The minimum atomic E-state index is -0.217. The Balaban J connectivity index is 1.69. The molecule has 0 unspecified atom stereocenters. The third-order valence-corrected chi connectivity index (χ3v) is 3.83. The Morgan fingerprint density at radius 1 is 1.18 bits per heavy atom. The van der Waals surface area contributed by atoms with Crippen LogP contribution >= 0.6 is 0 Å². The van der Waals surface area contributed by atoms with Crippen molar-refractivity contribution in [3.05, 3.63) is 60.4 Å². The summed E-state index contributed by atoms with van der Waals surface area (Å²) in [6.45, 7) is 0. The van der Waals surface area contributed by atoms with Gasteiger partial charge in [-0.2, -0.15) is 5.10 Å². The number of carbonyl (C=O) groups excluding carboxylic acids is 1. The van der Waals surface area contributed by atoms with Gasteiger partial charge >= 0.3 is 0 Å². The van der Waals surface area contributed by atoms with Crippen LogP contribution in [-0.4, -0.2) is 20.7 Å². The summed E-state index contributed by atoms with van der Waals surface area (Å²) >= 11 is 0. The largest absolute Gasteiger partial charge is 0.350 e. The number of nitrogens with one attached hydrogen (secondary N) is 2. The molecule has 0 radical (unpaired) electrons. The van der Waals surface area contributed by atoms with Crippen LogP contribution in [0.3, 0.4) is 0 Å². The fourth-order valence-corrected chi connectivity index (χ4v) is 2.67. The number of benzene rings is 2. The molecular weight excluding hydrogens is 276 g/mol. The van der Waals surface area contributed by atoms with Crippen molar-refractivity contribution in [2.24, 2.45) is 7.05 Å². The Kier molecular flexibility index (Phi) is 2.72. The fourth-order valence-electron chi connectivity index (χ4n) is 2.67. The number of nitrogens with zero attached hydrogens (tertiary/aromatic N) is 2. The second-order valence-corrected chi connectivity index (χ2v) is 5.27. The molecule has 4 rings (SSSR count). The second kappa shape index (κ2) is 4.73. The fraction of sp³-hybridized carbons (Fsp3) is 0.0588. The van der Waals surface area contributed by atoms with E-state index in [1.165, 1.54) is 0 Å². The first-order valence-corrected chi connectivity index (χ1v) is 7.02. The van der Waals surface area contributed by atoms with Crippen LogP contribution < -0.4 is 5.32 Å². The van der Waals surface area contributed by atoms with Gasteiger partial charge in [-0.3, -0.25) is 9.89 Å². The average molecular weight is 290 g/mol. The molecule has 0 saturated carbocycles.